The molecule has 3 N–H and O–H groups in total. The van der Waals surface area contributed by atoms with Crippen molar-refractivity contribution in [1.82, 2.24) is 9.97 Å². The Morgan fingerprint density at radius 3 is 2.75 bits per heavy atom. The predicted molar refractivity (Wildman–Crippen MR) is 75.0 cm³/mol. The second kappa shape index (κ2) is 5.82. The van der Waals surface area contributed by atoms with E-state index >= 15 is 0 Å². The van der Waals surface area contributed by atoms with Crippen LogP contribution in [0.15, 0.2) is 6.07 Å². The molecular weight excluding hydrogens is 289 g/mol. The Morgan fingerprint density at radius 2 is 2.05 bits per heavy atom. The predicted octanol–water partition coefficient (Wildman–Crippen LogP) is 3.73. The number of nitrogens with two attached hydrogens (primary N) is 1. The lowest BCUT2D eigenvalue weighted by atomic mass is 10.2. The van der Waals surface area contributed by atoms with E-state index in [1.807, 2.05) is 13.0 Å². The van der Waals surface area contributed by atoms with Crippen LogP contribution in [0.25, 0.3) is 10.2 Å². The molecule has 0 spiro atoms. The maximum atomic E-state index is 12.0. The molecule has 4 nitrogen and oxygen atoms in total. The van der Waals surface area contributed by atoms with Crippen LogP contribution in [0.4, 0.5) is 24.9 Å². The quantitative estimate of drug-likeness (QED) is 0.826. The van der Waals surface area contributed by atoms with E-state index in [0.29, 0.717) is 18.8 Å². The number of aromatic nitrogens is 2. The average Bonchev–Trinajstić information content (AvgIpc) is 2.67. The first-order chi connectivity index (χ1) is 9.35. The van der Waals surface area contributed by atoms with E-state index in [4.69, 9.17) is 5.73 Å². The van der Waals surface area contributed by atoms with Gasteiger partial charge in [0.1, 0.15) is 10.6 Å². The molecule has 0 radical (unpaired) electrons. The molecule has 110 valence electrons. The summed E-state index contributed by atoms with van der Waals surface area (Å²) in [4.78, 5) is 10.1. The van der Waals surface area contributed by atoms with E-state index in [9.17, 15) is 13.2 Å². The van der Waals surface area contributed by atoms with Gasteiger partial charge >= 0.3 is 6.18 Å². The number of rotatable bonds is 5. The van der Waals surface area contributed by atoms with E-state index in [-0.39, 0.29) is 12.4 Å². The molecule has 0 saturated heterocycles. The number of nitrogens with zero attached hydrogens (tertiary/aromatic N) is 2. The summed E-state index contributed by atoms with van der Waals surface area (Å²) in [5.41, 5.74) is 5.62. The molecule has 2 aromatic rings. The summed E-state index contributed by atoms with van der Waals surface area (Å²) in [5, 5.41) is 3.90. The Bertz CT molecular complexity index is 594. The summed E-state index contributed by atoms with van der Waals surface area (Å²) in [6.45, 7) is 2.38. The molecule has 0 fully saturated rings. The van der Waals surface area contributed by atoms with Crippen LogP contribution in [-0.2, 0) is 0 Å². The molecule has 0 saturated carbocycles. The van der Waals surface area contributed by atoms with Crippen LogP contribution in [0.1, 0.15) is 24.1 Å². The van der Waals surface area contributed by atoms with E-state index < -0.39 is 12.6 Å². The Balaban J connectivity index is 1.96. The number of thiophene rings is 1. The molecule has 2 aromatic heterocycles. The summed E-state index contributed by atoms with van der Waals surface area (Å²) in [7, 11) is 0. The third-order valence-electron chi connectivity index (χ3n) is 2.71. The number of hydrogen-bond acceptors (Lipinski definition) is 5. The van der Waals surface area contributed by atoms with Crippen LogP contribution in [0.2, 0.25) is 0 Å². The smallest absolute Gasteiger partial charge is 0.369 e. The van der Waals surface area contributed by atoms with Gasteiger partial charge in [-0.05, 0) is 25.8 Å². The monoisotopic (exact) mass is 304 g/mol. The number of aryl methyl sites for hydroxylation is 1. The topological polar surface area (TPSA) is 63.8 Å². The molecular formula is C12H15F3N4S. The Kier molecular flexibility index (Phi) is 4.32. The second-order valence-corrected chi connectivity index (χ2v) is 5.74. The summed E-state index contributed by atoms with van der Waals surface area (Å²) < 4.78 is 36.0. The fourth-order valence-corrected chi connectivity index (χ4v) is 2.74. The number of halogens is 3. The van der Waals surface area contributed by atoms with Gasteiger partial charge in [0.05, 0.1) is 5.39 Å². The standard InChI is InChI=1S/C12H15F3N4S/c1-7-6-8-9(18-11(16)19-10(8)20-7)17-5-3-2-4-12(13,14)15/h6H,2-5H2,1H3,(H3,16,17,18,19). The first kappa shape index (κ1) is 14.8. The number of nitrogen functional groups attached to an aromatic ring is 1. The van der Waals surface area contributed by atoms with Gasteiger partial charge in [-0.3, -0.25) is 0 Å². The molecule has 2 rings (SSSR count). The number of hydrogen-bond donors (Lipinski definition) is 2. The first-order valence-corrected chi connectivity index (χ1v) is 7.01. The van der Waals surface area contributed by atoms with Gasteiger partial charge in [0.2, 0.25) is 5.95 Å². The lowest BCUT2D eigenvalue weighted by Gasteiger charge is -2.08. The maximum absolute atomic E-state index is 12.0. The highest BCUT2D eigenvalue weighted by Gasteiger charge is 2.25. The second-order valence-electron chi connectivity index (χ2n) is 4.51. The molecule has 0 atom stereocenters. The van der Waals surface area contributed by atoms with Crippen molar-refractivity contribution in [3.8, 4) is 0 Å². The zero-order chi connectivity index (χ0) is 14.8. The molecule has 8 heteroatoms. The van der Waals surface area contributed by atoms with E-state index in [1.165, 1.54) is 11.3 Å². The fourth-order valence-electron chi connectivity index (χ4n) is 1.85. The average molecular weight is 304 g/mol. The summed E-state index contributed by atoms with van der Waals surface area (Å²) in [6, 6.07) is 1.94. The summed E-state index contributed by atoms with van der Waals surface area (Å²) in [6.07, 6.45) is -4.32. The molecule has 0 amide bonds. The highest BCUT2D eigenvalue weighted by atomic mass is 32.1. The van der Waals surface area contributed by atoms with Crippen molar-refractivity contribution in [2.45, 2.75) is 32.4 Å². The van der Waals surface area contributed by atoms with Gasteiger partial charge < -0.3 is 11.1 Å². The summed E-state index contributed by atoms with van der Waals surface area (Å²) >= 11 is 1.51. The molecule has 0 aliphatic heterocycles. The minimum atomic E-state index is -4.09. The molecule has 0 unspecified atom stereocenters. The van der Waals surface area contributed by atoms with Crippen LogP contribution in [-0.4, -0.2) is 22.7 Å². The van der Waals surface area contributed by atoms with E-state index in [1.54, 1.807) is 0 Å². The molecule has 0 aromatic carbocycles. The third-order valence-corrected chi connectivity index (χ3v) is 3.66. The van der Waals surface area contributed by atoms with Gasteiger partial charge in [0.15, 0.2) is 0 Å². The number of anilines is 2. The molecule has 0 bridgehead atoms. The Hall–Kier alpha value is -1.57. The Morgan fingerprint density at radius 1 is 1.30 bits per heavy atom. The van der Waals surface area contributed by atoms with Crippen molar-refractivity contribution in [2.75, 3.05) is 17.6 Å². The van der Waals surface area contributed by atoms with Crippen molar-refractivity contribution in [2.24, 2.45) is 0 Å². The highest BCUT2D eigenvalue weighted by Crippen LogP contribution is 2.29. The zero-order valence-electron chi connectivity index (χ0n) is 10.9. The molecule has 0 aliphatic rings. The van der Waals surface area contributed by atoms with Gasteiger partial charge in [0.25, 0.3) is 0 Å². The molecule has 2 heterocycles. The number of unbranched alkanes of at least 4 members (excludes halogenated alkanes) is 1. The van der Waals surface area contributed by atoms with Crippen molar-refractivity contribution in [1.29, 1.82) is 0 Å². The van der Waals surface area contributed by atoms with Gasteiger partial charge in [-0.15, -0.1) is 11.3 Å². The lowest BCUT2D eigenvalue weighted by Crippen LogP contribution is -2.09. The van der Waals surface area contributed by atoms with Crippen molar-refractivity contribution in [3.63, 3.8) is 0 Å². The maximum Gasteiger partial charge on any atom is 0.389 e. The minimum absolute atomic E-state index is 0.100. The van der Waals surface area contributed by atoms with Crippen LogP contribution in [0.5, 0.6) is 0 Å². The lowest BCUT2D eigenvalue weighted by molar-refractivity contribution is -0.135. The number of alkyl halides is 3. The normalized spacial score (nSPS) is 12.0. The molecule has 0 aliphatic carbocycles. The molecule has 20 heavy (non-hydrogen) atoms. The van der Waals surface area contributed by atoms with Crippen LogP contribution < -0.4 is 11.1 Å². The minimum Gasteiger partial charge on any atom is -0.369 e. The SMILES string of the molecule is Cc1cc2c(NCCCCC(F)(F)F)nc(N)nc2s1. The largest absolute Gasteiger partial charge is 0.389 e. The van der Waals surface area contributed by atoms with E-state index in [2.05, 4.69) is 15.3 Å². The Labute approximate surface area is 118 Å². The fraction of sp³-hybridized carbons (Fsp3) is 0.500. The van der Waals surface area contributed by atoms with Crippen LogP contribution in [0, 0.1) is 6.92 Å². The first-order valence-electron chi connectivity index (χ1n) is 6.19. The van der Waals surface area contributed by atoms with Crippen molar-refractivity contribution < 1.29 is 13.2 Å². The van der Waals surface area contributed by atoms with Crippen LogP contribution in [0.3, 0.4) is 0 Å². The number of nitrogens with one attached hydrogen (secondary N) is 1. The van der Waals surface area contributed by atoms with Gasteiger partial charge in [-0.2, -0.15) is 18.2 Å². The van der Waals surface area contributed by atoms with Gasteiger partial charge in [-0.25, -0.2) is 4.98 Å². The van der Waals surface area contributed by atoms with Crippen LogP contribution >= 0.6 is 11.3 Å². The van der Waals surface area contributed by atoms with Crippen molar-refractivity contribution >= 4 is 33.3 Å². The zero-order valence-corrected chi connectivity index (χ0v) is 11.7. The van der Waals surface area contributed by atoms with Gasteiger partial charge in [0, 0.05) is 17.8 Å². The van der Waals surface area contributed by atoms with Crippen molar-refractivity contribution in [3.05, 3.63) is 10.9 Å². The van der Waals surface area contributed by atoms with E-state index in [0.717, 1.165) is 15.1 Å². The summed E-state index contributed by atoms with van der Waals surface area (Å²) in [5.74, 6) is 0.751. The third kappa shape index (κ3) is 3.96. The highest BCUT2D eigenvalue weighted by molar-refractivity contribution is 7.18. The van der Waals surface area contributed by atoms with Gasteiger partial charge in [-0.1, -0.05) is 0 Å². The number of fused-ring (bicyclic) bond motifs is 1.